The normalized spacial score (nSPS) is 12.5. The third kappa shape index (κ3) is 2.53. The first-order valence-electron chi connectivity index (χ1n) is 6.73. The predicted molar refractivity (Wildman–Crippen MR) is 92.4 cm³/mol. The quantitative estimate of drug-likeness (QED) is 0.692. The summed E-state index contributed by atoms with van der Waals surface area (Å²) in [6.45, 7) is 3.19. The molecule has 0 bridgehead atoms. The number of hydrogen-bond acceptors (Lipinski definition) is 4. The molecule has 1 aromatic carbocycles. The summed E-state index contributed by atoms with van der Waals surface area (Å²) in [5.41, 5.74) is 1.64. The van der Waals surface area contributed by atoms with Gasteiger partial charge in [-0.25, -0.2) is 4.98 Å². The van der Waals surface area contributed by atoms with Crippen LogP contribution in [0.1, 0.15) is 19.9 Å². The first-order chi connectivity index (χ1) is 10.5. The Hall–Kier alpha value is -1.79. The van der Waals surface area contributed by atoms with Gasteiger partial charge in [-0.2, -0.15) is 0 Å². The van der Waals surface area contributed by atoms with Crippen LogP contribution in [0.15, 0.2) is 45.2 Å². The van der Waals surface area contributed by atoms with E-state index in [4.69, 9.17) is 0 Å². The van der Waals surface area contributed by atoms with E-state index in [1.807, 2.05) is 29.6 Å². The summed E-state index contributed by atoms with van der Waals surface area (Å²) in [4.78, 5) is 29.4. The van der Waals surface area contributed by atoms with Gasteiger partial charge in [0, 0.05) is 15.4 Å². The van der Waals surface area contributed by atoms with Crippen LogP contribution in [0.2, 0.25) is 0 Å². The van der Waals surface area contributed by atoms with Crippen molar-refractivity contribution < 1.29 is 4.79 Å². The molecule has 0 unspecified atom stereocenters. The lowest BCUT2D eigenvalue weighted by atomic mass is 10.1. The maximum absolute atomic E-state index is 12.8. The molecule has 3 rings (SSSR count). The molecule has 2 aromatic heterocycles. The van der Waals surface area contributed by atoms with Crippen LogP contribution in [0.4, 0.5) is 0 Å². The second-order valence-electron chi connectivity index (χ2n) is 5.08. The lowest BCUT2D eigenvalue weighted by molar-refractivity contribution is -0.119. The highest BCUT2D eigenvalue weighted by Gasteiger charge is 2.17. The molecule has 3 aromatic rings. The summed E-state index contributed by atoms with van der Waals surface area (Å²) < 4.78 is 2.39. The Morgan fingerprint density at radius 1 is 1.32 bits per heavy atom. The number of Topliss-reactive ketones (excluding diaryl/α,β-unsaturated/α-hetero) is 1. The van der Waals surface area contributed by atoms with Gasteiger partial charge in [-0.15, -0.1) is 11.3 Å². The number of hydrogen-bond donors (Lipinski definition) is 0. The highest BCUT2D eigenvalue weighted by atomic mass is 79.9. The van der Waals surface area contributed by atoms with Gasteiger partial charge in [-0.1, -0.05) is 28.1 Å². The van der Waals surface area contributed by atoms with E-state index in [1.54, 1.807) is 6.92 Å². The Labute approximate surface area is 139 Å². The fourth-order valence-corrected chi connectivity index (χ4v) is 3.43. The molecule has 0 saturated carbocycles. The van der Waals surface area contributed by atoms with E-state index in [1.165, 1.54) is 29.2 Å². The second kappa shape index (κ2) is 5.78. The minimum absolute atomic E-state index is 0.0660. The number of aromatic nitrogens is 2. The van der Waals surface area contributed by atoms with Crippen molar-refractivity contribution in [2.75, 3.05) is 0 Å². The van der Waals surface area contributed by atoms with Crippen LogP contribution in [0.3, 0.4) is 0 Å². The maximum atomic E-state index is 12.8. The monoisotopic (exact) mass is 376 g/mol. The van der Waals surface area contributed by atoms with Crippen LogP contribution in [-0.2, 0) is 4.79 Å². The van der Waals surface area contributed by atoms with Crippen LogP contribution in [0, 0.1) is 0 Å². The number of halogens is 1. The molecule has 0 radical (unpaired) electrons. The average molecular weight is 377 g/mol. The number of fused-ring (bicyclic) bond motifs is 1. The van der Waals surface area contributed by atoms with Crippen LogP contribution in [0.5, 0.6) is 0 Å². The van der Waals surface area contributed by atoms with E-state index >= 15 is 0 Å². The minimum Gasteiger partial charge on any atom is -0.298 e. The molecule has 22 heavy (non-hydrogen) atoms. The van der Waals surface area contributed by atoms with Crippen molar-refractivity contribution in [1.82, 2.24) is 9.55 Å². The molecule has 0 N–H and O–H groups in total. The number of ketones is 1. The van der Waals surface area contributed by atoms with Crippen molar-refractivity contribution in [2.24, 2.45) is 0 Å². The Bertz CT molecular complexity index is 912. The van der Waals surface area contributed by atoms with Crippen LogP contribution < -0.4 is 5.56 Å². The van der Waals surface area contributed by atoms with E-state index in [0.717, 1.165) is 15.6 Å². The molecule has 0 aliphatic rings. The molecule has 0 aliphatic carbocycles. The standard InChI is InChI=1S/C16H13BrN2O2S/c1-9(10(2)20)19-8-18-15-14(16(19)21)13(7-22-15)11-3-5-12(17)6-4-11/h3-9H,1-2H3/t9-/m0/s1. The lowest BCUT2D eigenvalue weighted by Crippen LogP contribution is -2.27. The Balaban J connectivity index is 2.25. The van der Waals surface area contributed by atoms with E-state index in [0.29, 0.717) is 10.2 Å². The zero-order valence-electron chi connectivity index (χ0n) is 12.0. The largest absolute Gasteiger partial charge is 0.298 e. The molecule has 2 heterocycles. The summed E-state index contributed by atoms with van der Waals surface area (Å²) >= 11 is 4.84. The van der Waals surface area contributed by atoms with E-state index in [9.17, 15) is 9.59 Å². The number of carbonyl (C=O) groups excluding carboxylic acids is 1. The van der Waals surface area contributed by atoms with Gasteiger partial charge in [0.05, 0.1) is 17.8 Å². The van der Waals surface area contributed by atoms with Crippen molar-refractivity contribution in [3.05, 3.63) is 50.8 Å². The maximum Gasteiger partial charge on any atom is 0.263 e. The fraction of sp³-hybridized carbons (Fsp3) is 0.188. The molecule has 0 aliphatic heterocycles. The lowest BCUT2D eigenvalue weighted by Gasteiger charge is -2.11. The summed E-state index contributed by atoms with van der Waals surface area (Å²) in [6, 6.07) is 7.27. The van der Waals surface area contributed by atoms with Crippen molar-refractivity contribution in [1.29, 1.82) is 0 Å². The molecule has 6 heteroatoms. The van der Waals surface area contributed by atoms with Gasteiger partial charge < -0.3 is 0 Å². The first kappa shape index (κ1) is 15.1. The molecule has 0 saturated heterocycles. The van der Waals surface area contributed by atoms with Gasteiger partial charge in [0.25, 0.3) is 5.56 Å². The molecule has 0 amide bonds. The van der Waals surface area contributed by atoms with E-state index in [-0.39, 0.29) is 11.3 Å². The molecule has 0 spiro atoms. The van der Waals surface area contributed by atoms with E-state index in [2.05, 4.69) is 20.9 Å². The highest BCUT2D eigenvalue weighted by molar-refractivity contribution is 9.10. The van der Waals surface area contributed by atoms with Crippen LogP contribution in [0.25, 0.3) is 21.3 Å². The van der Waals surface area contributed by atoms with Gasteiger partial charge in [0.15, 0.2) is 5.78 Å². The summed E-state index contributed by atoms with van der Waals surface area (Å²) in [7, 11) is 0. The molecule has 4 nitrogen and oxygen atoms in total. The molecular formula is C16H13BrN2O2S. The SMILES string of the molecule is CC(=O)[C@H](C)n1cnc2scc(-c3ccc(Br)cc3)c2c1=O. The van der Waals surface area contributed by atoms with Gasteiger partial charge in [0.1, 0.15) is 4.83 Å². The topological polar surface area (TPSA) is 52.0 Å². The van der Waals surface area contributed by atoms with Crippen molar-refractivity contribution in [3.63, 3.8) is 0 Å². The number of rotatable bonds is 3. The predicted octanol–water partition coefficient (Wildman–Crippen LogP) is 4.04. The molecule has 112 valence electrons. The Morgan fingerprint density at radius 3 is 2.64 bits per heavy atom. The molecule has 0 fully saturated rings. The molecular weight excluding hydrogens is 364 g/mol. The summed E-state index contributed by atoms with van der Waals surface area (Å²) in [5.74, 6) is -0.0660. The highest BCUT2D eigenvalue weighted by Crippen LogP contribution is 2.31. The van der Waals surface area contributed by atoms with Gasteiger partial charge in [-0.05, 0) is 31.5 Å². The van der Waals surface area contributed by atoms with Gasteiger partial charge >= 0.3 is 0 Å². The number of benzene rings is 1. The number of carbonyl (C=O) groups is 1. The summed E-state index contributed by atoms with van der Waals surface area (Å²) in [6.07, 6.45) is 1.46. The Kier molecular flexibility index (Phi) is 3.97. The minimum atomic E-state index is -0.512. The van der Waals surface area contributed by atoms with Crippen LogP contribution in [-0.4, -0.2) is 15.3 Å². The third-order valence-corrected chi connectivity index (χ3v) is 5.10. The second-order valence-corrected chi connectivity index (χ2v) is 6.85. The smallest absolute Gasteiger partial charge is 0.263 e. The Morgan fingerprint density at radius 2 is 2.00 bits per heavy atom. The van der Waals surface area contributed by atoms with Crippen LogP contribution >= 0.6 is 27.3 Å². The third-order valence-electron chi connectivity index (χ3n) is 3.68. The van der Waals surface area contributed by atoms with Crippen molar-refractivity contribution >= 4 is 43.3 Å². The van der Waals surface area contributed by atoms with Gasteiger partial charge in [0.2, 0.25) is 0 Å². The van der Waals surface area contributed by atoms with Gasteiger partial charge in [-0.3, -0.25) is 14.2 Å². The number of thiophene rings is 1. The van der Waals surface area contributed by atoms with E-state index < -0.39 is 6.04 Å². The number of nitrogens with zero attached hydrogens (tertiary/aromatic N) is 2. The first-order valence-corrected chi connectivity index (χ1v) is 8.41. The fourth-order valence-electron chi connectivity index (χ4n) is 2.26. The average Bonchev–Trinajstić information content (AvgIpc) is 2.92. The summed E-state index contributed by atoms with van der Waals surface area (Å²) in [5, 5.41) is 2.51. The van der Waals surface area contributed by atoms with Crippen molar-refractivity contribution in [3.8, 4) is 11.1 Å². The zero-order valence-corrected chi connectivity index (χ0v) is 14.4. The zero-order chi connectivity index (χ0) is 15.9. The molecule has 1 atom stereocenters. The van der Waals surface area contributed by atoms with Crippen molar-refractivity contribution in [2.45, 2.75) is 19.9 Å².